The number of thiophene rings is 1. The number of ether oxygens (including phenoxy) is 8. The predicted octanol–water partition coefficient (Wildman–Crippen LogP) is 12.9. The van der Waals surface area contributed by atoms with Crippen molar-refractivity contribution in [2.24, 2.45) is 50.8 Å². The number of carbonyl (C=O) groups excluding carboxylic acids is 2. The number of nitrogens with zero attached hydrogens (tertiary/aromatic N) is 4. The topological polar surface area (TPSA) is 229 Å². The number of carbonyl (C=O) groups is 2. The summed E-state index contributed by atoms with van der Waals surface area (Å²) in [5.74, 6) is -2.12. The Morgan fingerprint density at radius 1 is 0.699 bits per heavy atom. The van der Waals surface area contributed by atoms with Crippen LogP contribution in [-0.4, -0.2) is 160 Å². The number of allylic oxidation sites excluding steroid dienone is 8. The van der Waals surface area contributed by atoms with E-state index in [0.717, 1.165) is 70.3 Å². The Labute approximate surface area is 554 Å². The molecule has 1 aromatic heterocycles. The maximum Gasteiger partial charge on any atom is 0.316 e. The second-order valence-corrected chi connectivity index (χ2v) is 29.3. The number of rotatable bonds is 3. The smallest absolute Gasteiger partial charge is 0.316 e. The van der Waals surface area contributed by atoms with Gasteiger partial charge in [-0.25, -0.2) is 0 Å². The molecule has 93 heavy (non-hydrogen) atoms. The zero-order valence-electron chi connectivity index (χ0n) is 56.5. The molecule has 6 saturated heterocycles. The fourth-order valence-electron chi connectivity index (χ4n) is 15.5. The molecular formula is C74H102N4O14S. The van der Waals surface area contributed by atoms with Gasteiger partial charge in [-0.05, 0) is 156 Å². The molecule has 0 aromatic carbocycles. The van der Waals surface area contributed by atoms with Crippen LogP contribution in [0.5, 0.6) is 0 Å². The summed E-state index contributed by atoms with van der Waals surface area (Å²) in [4.78, 5) is 35.8. The van der Waals surface area contributed by atoms with Crippen LogP contribution in [0.1, 0.15) is 164 Å². The molecule has 2 spiro atoms. The van der Waals surface area contributed by atoms with E-state index < -0.39 is 71.0 Å². The van der Waals surface area contributed by atoms with Gasteiger partial charge in [-0.15, -0.1) is 11.3 Å². The van der Waals surface area contributed by atoms with Gasteiger partial charge in [0.2, 0.25) is 0 Å². The van der Waals surface area contributed by atoms with Crippen LogP contribution in [0.25, 0.3) is 6.08 Å². The van der Waals surface area contributed by atoms with Crippen molar-refractivity contribution in [3.8, 4) is 0 Å². The molecule has 0 radical (unpaired) electrons. The Morgan fingerprint density at radius 3 is 1.69 bits per heavy atom. The Kier molecular flexibility index (Phi) is 22.8. The highest BCUT2D eigenvalue weighted by molar-refractivity contribution is 7.10. The number of fused-ring (bicyclic) bond motifs is 4. The number of oxime groups is 2. The van der Waals surface area contributed by atoms with Gasteiger partial charge in [-0.2, -0.15) is 0 Å². The van der Waals surface area contributed by atoms with E-state index in [1.807, 2.05) is 24.3 Å². The summed E-state index contributed by atoms with van der Waals surface area (Å²) in [6, 6.07) is 4.18. The van der Waals surface area contributed by atoms with E-state index in [1.165, 1.54) is 22.4 Å². The highest BCUT2D eigenvalue weighted by atomic mass is 32.1. The van der Waals surface area contributed by atoms with E-state index in [-0.39, 0.29) is 60.9 Å². The molecule has 4 N–H and O–H groups in total. The summed E-state index contributed by atoms with van der Waals surface area (Å²) >= 11 is 1.75. The number of esters is 2. The Morgan fingerprint density at radius 2 is 1.22 bits per heavy atom. The minimum absolute atomic E-state index is 0.0431. The zero-order valence-corrected chi connectivity index (χ0v) is 57.4. The highest BCUT2D eigenvalue weighted by Crippen LogP contribution is 2.49. The molecule has 9 aliphatic heterocycles. The first-order valence-corrected chi connectivity index (χ1v) is 35.0. The lowest BCUT2D eigenvalue weighted by Crippen LogP contribution is -2.57. The van der Waals surface area contributed by atoms with E-state index in [9.17, 15) is 30.2 Å². The van der Waals surface area contributed by atoms with Gasteiger partial charge in [0.25, 0.3) is 0 Å². The number of aliphatic hydroxyl groups is 2. The maximum absolute atomic E-state index is 13.9. The van der Waals surface area contributed by atoms with E-state index in [2.05, 4.69) is 137 Å². The molecule has 11 aliphatic rings. The third-order valence-electron chi connectivity index (χ3n) is 20.9. The van der Waals surface area contributed by atoms with E-state index >= 15 is 0 Å². The molecule has 0 unspecified atom stereocenters. The fourth-order valence-corrected chi connectivity index (χ4v) is 16.1. The summed E-state index contributed by atoms with van der Waals surface area (Å²) in [6.45, 7) is 23.0. The monoisotopic (exact) mass is 1300 g/mol. The van der Waals surface area contributed by atoms with Crippen LogP contribution in [0.15, 0.2) is 133 Å². The van der Waals surface area contributed by atoms with Crippen molar-refractivity contribution in [2.45, 2.75) is 231 Å². The van der Waals surface area contributed by atoms with Gasteiger partial charge < -0.3 is 63.4 Å². The van der Waals surface area contributed by atoms with Crippen molar-refractivity contribution in [2.75, 3.05) is 33.4 Å². The largest absolute Gasteiger partial charge is 0.462 e. The second kappa shape index (κ2) is 30.2. The number of likely N-dealkylation sites (N-methyl/N-ethyl adjacent to an activating group) is 1. The fraction of sp³-hybridized carbons (Fsp3) is 0.635. The standard InChI is InChI=1S/C32H45NO7.C31H43NO7.C11H14N2S/c1-6-27-21(4)12-13-31(40-27)17-25-16-24(39-31)11-10-20(3)14-19(2)8-7-9-23-18-37-29-28(33-36)22(5)15-26(30(34)38-25)32(23,29)35;1-18-7-6-8-23-17-36-28-27(32-35)21(4)14-26(31(23,28)34)29(33)37-25-15-24(10-9-19(2)13-18)39-30(16-25)12-11-20(3)22(5)38-30;1-13-8-3-7-12-11(13)6-5-10-4-2-9-14-10/h7-10,15,19,21,24-27,29,35-36H,6,11-14,16-18H2,1-5H3;6-9,14,18,20,22,24-26,28,34-35H,10-13,15-17H2,1-5H3;2,4-6,9H,3,7-8H2,1H3/b8-7+,20-10+,23-9+,33-28-;7-6+,19-9+,23-8+,32-27-;6-5+/t19-,21-,24+,25-,26-,27+,29+,31+,32+;18-,20-,22+,24+,25-,26-,28+,30-,31+;/m00./s1. The SMILES string of the molecule is CC1=C[C@H]2C(=O)O[C@H]3C[C@@H](C/C=C(\C)C[C@@H](C)/C=C/C=C4\CO[C@H](/C1=N\O)[C@@]42O)O[C@@]1(CC[C@H](C)[C@@H](C)O1)C3.CC[C@H]1O[C@]2(CC[C@@H]1C)C[C@@H]1C[C@@H](C/C=C(\C)C[C@@H](C)/C=C/C=C3\CO[C@@H]4/C(=N\O)C(C)=C[C@@H](C(=O)O1)[C@]34O)O2.CN1CCCN=C1/C=C/c1cccs1. The highest BCUT2D eigenvalue weighted by Gasteiger charge is 2.62. The number of hydrogen-bond donors (Lipinski definition) is 4. The molecule has 0 amide bonds. The third kappa shape index (κ3) is 15.8. The summed E-state index contributed by atoms with van der Waals surface area (Å²) < 4.78 is 50.8. The summed E-state index contributed by atoms with van der Waals surface area (Å²) in [6.07, 6.45) is 31.5. The minimum atomic E-state index is -1.72. The van der Waals surface area contributed by atoms with E-state index in [1.54, 1.807) is 37.3 Å². The van der Waals surface area contributed by atoms with Gasteiger partial charge in [0.05, 0.1) is 37.6 Å². The number of amidine groups is 1. The van der Waals surface area contributed by atoms with Crippen molar-refractivity contribution in [3.63, 3.8) is 0 Å². The van der Waals surface area contributed by atoms with Gasteiger partial charge in [-0.1, -0.05) is 123 Å². The summed E-state index contributed by atoms with van der Waals surface area (Å²) in [7, 11) is 2.09. The van der Waals surface area contributed by atoms with E-state index in [0.29, 0.717) is 66.2 Å². The van der Waals surface area contributed by atoms with Crippen molar-refractivity contribution in [1.29, 1.82) is 0 Å². The molecule has 0 saturated carbocycles. The van der Waals surface area contributed by atoms with Gasteiger partial charge in [0.15, 0.2) is 11.6 Å². The molecule has 19 heteroatoms. The van der Waals surface area contributed by atoms with Crippen LogP contribution in [-0.2, 0) is 47.5 Å². The molecule has 18 atom stereocenters. The first kappa shape index (κ1) is 70.2. The van der Waals surface area contributed by atoms with Crippen LogP contribution < -0.4 is 0 Å². The molecule has 1 aromatic rings. The van der Waals surface area contributed by atoms with Crippen molar-refractivity contribution in [3.05, 3.63) is 123 Å². The van der Waals surface area contributed by atoms with Crippen molar-refractivity contribution < 1.29 is 68.1 Å². The maximum atomic E-state index is 13.9. The number of aliphatic imine (C=N–C) groups is 1. The summed E-state index contributed by atoms with van der Waals surface area (Å²) in [5.41, 5.74) is 1.84. The van der Waals surface area contributed by atoms with E-state index in [4.69, 9.17) is 37.9 Å². The Hall–Kier alpha value is -5.61. The first-order valence-electron chi connectivity index (χ1n) is 34.1. The number of hydrogen-bond acceptors (Lipinski definition) is 19. The van der Waals surface area contributed by atoms with Gasteiger partial charge in [-0.3, -0.25) is 14.6 Å². The summed E-state index contributed by atoms with van der Waals surface area (Å²) in [5, 5.41) is 52.6. The molecule has 18 nitrogen and oxygen atoms in total. The molecule has 2 aliphatic carbocycles. The third-order valence-corrected chi connectivity index (χ3v) is 21.8. The Balaban J connectivity index is 0.000000168. The minimum Gasteiger partial charge on any atom is -0.462 e. The van der Waals surface area contributed by atoms with Gasteiger partial charge >= 0.3 is 11.9 Å². The first-order chi connectivity index (χ1) is 44.5. The average Bonchev–Trinajstić information content (AvgIpc) is 1.67. The zero-order chi connectivity index (χ0) is 66.4. The molecule has 12 rings (SSSR count). The van der Waals surface area contributed by atoms with Crippen LogP contribution in [0.3, 0.4) is 0 Å². The lowest BCUT2D eigenvalue weighted by Gasteiger charge is -2.49. The normalized spacial score (nSPS) is 42.9. The predicted molar refractivity (Wildman–Crippen MR) is 360 cm³/mol. The quantitative estimate of drug-likeness (QED) is 0.0955. The van der Waals surface area contributed by atoms with Crippen molar-refractivity contribution >= 4 is 46.6 Å². The van der Waals surface area contributed by atoms with Gasteiger partial charge in [0.1, 0.15) is 64.7 Å². The molecular weight excluding hydrogens is 1200 g/mol. The van der Waals surface area contributed by atoms with Crippen LogP contribution >= 0.6 is 11.3 Å². The Bertz CT molecular complexity index is 3230. The van der Waals surface area contributed by atoms with Crippen molar-refractivity contribution in [1.82, 2.24) is 4.90 Å². The van der Waals surface area contributed by atoms with Crippen LogP contribution in [0, 0.1) is 35.5 Å². The molecule has 6 fully saturated rings. The molecule has 10 heterocycles. The van der Waals surface area contributed by atoms with Crippen LogP contribution in [0.4, 0.5) is 0 Å². The molecule has 4 bridgehead atoms. The second-order valence-electron chi connectivity index (χ2n) is 28.3. The lowest BCUT2D eigenvalue weighted by molar-refractivity contribution is -0.335. The molecule has 508 valence electrons. The lowest BCUT2D eigenvalue weighted by atomic mass is 9.71. The van der Waals surface area contributed by atoms with Crippen LogP contribution in [0.2, 0.25) is 0 Å². The van der Waals surface area contributed by atoms with Gasteiger partial charge in [0, 0.05) is 63.5 Å². The average molecular weight is 1300 g/mol.